The van der Waals surface area contributed by atoms with E-state index in [-0.39, 0.29) is 5.60 Å². The van der Waals surface area contributed by atoms with Gasteiger partial charge < -0.3 is 9.64 Å². The Morgan fingerprint density at radius 3 is 2.43 bits per heavy atom. The molecule has 0 radical (unpaired) electrons. The van der Waals surface area contributed by atoms with E-state index in [1.165, 1.54) is 31.7 Å². The summed E-state index contributed by atoms with van der Waals surface area (Å²) in [6, 6.07) is 11.6. The number of nitrogens with zero attached hydrogens (tertiary/aromatic N) is 3. The summed E-state index contributed by atoms with van der Waals surface area (Å²) in [5, 5.41) is 0. The number of carbonyl (C=O) groups is 1. The molecule has 0 N–H and O–H groups in total. The molecule has 1 aromatic carbocycles. The Kier molecular flexibility index (Phi) is 7.12. The van der Waals surface area contributed by atoms with Gasteiger partial charge in [-0.1, -0.05) is 30.3 Å². The van der Waals surface area contributed by atoms with Crippen molar-refractivity contribution in [2.75, 3.05) is 45.9 Å². The predicted molar refractivity (Wildman–Crippen MR) is 121 cm³/mol. The number of rotatable bonds is 5. The Morgan fingerprint density at radius 1 is 1.07 bits per heavy atom. The molecular weight excluding hydrogens is 374 g/mol. The number of aryl methyl sites for hydroxylation is 1. The number of ether oxygens (including phenoxy) is 1. The third-order valence-corrected chi connectivity index (χ3v) is 7.56. The number of hydrogen-bond donors (Lipinski definition) is 0. The molecule has 1 atom stereocenters. The number of carbonyl (C=O) groups excluding carboxylic acids is 1. The van der Waals surface area contributed by atoms with Crippen molar-refractivity contribution >= 4 is 5.91 Å². The van der Waals surface area contributed by atoms with E-state index in [1.54, 1.807) is 0 Å². The molecular formula is C25H39N3O2. The summed E-state index contributed by atoms with van der Waals surface area (Å²) in [6.45, 7) is 11.9. The van der Waals surface area contributed by atoms with Crippen molar-refractivity contribution < 1.29 is 9.53 Å². The van der Waals surface area contributed by atoms with Crippen LogP contribution >= 0.6 is 0 Å². The molecule has 30 heavy (non-hydrogen) atoms. The second-order valence-electron chi connectivity index (χ2n) is 9.71. The van der Waals surface area contributed by atoms with Crippen LogP contribution in [0.2, 0.25) is 0 Å². The van der Waals surface area contributed by atoms with Gasteiger partial charge >= 0.3 is 0 Å². The lowest BCUT2D eigenvalue weighted by Crippen LogP contribution is -2.58. The Bertz CT molecular complexity index is 677. The minimum absolute atomic E-state index is 0.00565. The summed E-state index contributed by atoms with van der Waals surface area (Å²) in [6.07, 6.45) is 5.73. The molecule has 1 amide bonds. The van der Waals surface area contributed by atoms with Gasteiger partial charge in [0.15, 0.2) is 0 Å². The molecule has 5 heteroatoms. The summed E-state index contributed by atoms with van der Waals surface area (Å²) >= 11 is 0. The first-order valence-corrected chi connectivity index (χ1v) is 12.0. The van der Waals surface area contributed by atoms with E-state index in [1.807, 2.05) is 18.2 Å². The lowest BCUT2D eigenvalue weighted by molar-refractivity contribution is -0.150. The number of benzene rings is 1. The average molecular weight is 414 g/mol. The van der Waals surface area contributed by atoms with E-state index in [2.05, 4.69) is 40.7 Å². The van der Waals surface area contributed by atoms with Gasteiger partial charge in [-0.25, -0.2) is 0 Å². The Hall–Kier alpha value is -1.43. The third kappa shape index (κ3) is 5.24. The normalized spacial score (nSPS) is 25.7. The SMILES string of the molecule is CC(C)N1CCN(C2CCOC3(CCN(C(=O)CCc4ccccc4)CC3)C2)CC1. The van der Waals surface area contributed by atoms with Crippen molar-refractivity contribution in [1.82, 2.24) is 14.7 Å². The van der Waals surface area contributed by atoms with Crippen LogP contribution in [-0.4, -0.2) is 84.2 Å². The molecule has 3 aliphatic heterocycles. The van der Waals surface area contributed by atoms with E-state index < -0.39 is 0 Å². The maximum Gasteiger partial charge on any atom is 0.222 e. The van der Waals surface area contributed by atoms with E-state index in [0.29, 0.717) is 24.4 Å². The van der Waals surface area contributed by atoms with Crippen molar-refractivity contribution in [1.29, 1.82) is 0 Å². The maximum atomic E-state index is 12.7. The van der Waals surface area contributed by atoms with Crippen molar-refractivity contribution in [3.8, 4) is 0 Å². The van der Waals surface area contributed by atoms with Crippen LogP contribution in [0.15, 0.2) is 30.3 Å². The number of piperidine rings is 1. The molecule has 1 aromatic rings. The van der Waals surface area contributed by atoms with Gasteiger partial charge in [0.25, 0.3) is 0 Å². The summed E-state index contributed by atoms with van der Waals surface area (Å²) in [5.74, 6) is 0.297. The summed E-state index contributed by atoms with van der Waals surface area (Å²) in [4.78, 5) is 20.1. The highest BCUT2D eigenvalue weighted by Gasteiger charge is 2.42. The smallest absolute Gasteiger partial charge is 0.222 e. The maximum absolute atomic E-state index is 12.7. The molecule has 1 spiro atoms. The number of likely N-dealkylation sites (tertiary alicyclic amines) is 1. The fraction of sp³-hybridized carbons (Fsp3) is 0.720. The van der Waals surface area contributed by atoms with Crippen molar-refractivity contribution in [2.45, 2.75) is 70.1 Å². The van der Waals surface area contributed by atoms with Crippen LogP contribution in [0.3, 0.4) is 0 Å². The summed E-state index contributed by atoms with van der Waals surface area (Å²) in [5.41, 5.74) is 1.24. The highest BCUT2D eigenvalue weighted by molar-refractivity contribution is 5.76. The minimum atomic E-state index is -0.00565. The monoisotopic (exact) mass is 413 g/mol. The molecule has 1 unspecified atom stereocenters. The predicted octanol–water partition coefficient (Wildman–Crippen LogP) is 3.19. The molecule has 0 saturated carbocycles. The van der Waals surface area contributed by atoms with E-state index in [0.717, 1.165) is 51.8 Å². The first-order chi connectivity index (χ1) is 14.5. The van der Waals surface area contributed by atoms with Gasteiger partial charge in [-0.3, -0.25) is 14.6 Å². The van der Waals surface area contributed by atoms with Crippen LogP contribution in [0.5, 0.6) is 0 Å². The number of amides is 1. The summed E-state index contributed by atoms with van der Waals surface area (Å²) in [7, 11) is 0. The molecule has 3 fully saturated rings. The van der Waals surface area contributed by atoms with Crippen LogP contribution in [0.25, 0.3) is 0 Å². The lowest BCUT2D eigenvalue weighted by Gasteiger charge is -2.50. The van der Waals surface area contributed by atoms with E-state index >= 15 is 0 Å². The second kappa shape index (κ2) is 9.80. The standard InChI is InChI=1S/C25H39N3O2/c1-21(2)26-15-17-27(18-16-26)23-10-19-30-25(20-23)11-13-28(14-12-25)24(29)9-8-22-6-4-3-5-7-22/h3-7,21,23H,8-20H2,1-2H3. The molecule has 4 rings (SSSR count). The van der Waals surface area contributed by atoms with Gasteiger partial charge in [0.05, 0.1) is 5.60 Å². The van der Waals surface area contributed by atoms with Gasteiger partial charge in [0, 0.05) is 64.4 Å². The molecule has 0 aliphatic carbocycles. The van der Waals surface area contributed by atoms with Gasteiger partial charge in [-0.15, -0.1) is 0 Å². The van der Waals surface area contributed by atoms with Crippen LogP contribution in [0.1, 0.15) is 51.5 Å². The zero-order chi connectivity index (χ0) is 21.0. The van der Waals surface area contributed by atoms with Crippen LogP contribution in [0.4, 0.5) is 0 Å². The lowest BCUT2D eigenvalue weighted by atomic mass is 9.81. The zero-order valence-electron chi connectivity index (χ0n) is 18.9. The van der Waals surface area contributed by atoms with E-state index in [9.17, 15) is 4.79 Å². The van der Waals surface area contributed by atoms with Gasteiger partial charge in [0.2, 0.25) is 5.91 Å². The van der Waals surface area contributed by atoms with Gasteiger partial charge in [0.1, 0.15) is 0 Å². The molecule has 3 heterocycles. The van der Waals surface area contributed by atoms with E-state index in [4.69, 9.17) is 4.74 Å². The molecule has 166 valence electrons. The Balaban J connectivity index is 1.25. The van der Waals surface area contributed by atoms with Gasteiger partial charge in [-0.05, 0) is 51.5 Å². The van der Waals surface area contributed by atoms with Crippen LogP contribution < -0.4 is 0 Å². The van der Waals surface area contributed by atoms with Gasteiger partial charge in [-0.2, -0.15) is 0 Å². The highest BCUT2D eigenvalue weighted by atomic mass is 16.5. The molecule has 0 bridgehead atoms. The number of piperazine rings is 1. The van der Waals surface area contributed by atoms with Crippen molar-refractivity contribution in [3.05, 3.63) is 35.9 Å². The third-order valence-electron chi connectivity index (χ3n) is 7.56. The van der Waals surface area contributed by atoms with Crippen LogP contribution in [0, 0.1) is 0 Å². The molecule has 0 aromatic heterocycles. The zero-order valence-corrected chi connectivity index (χ0v) is 18.9. The average Bonchev–Trinajstić information content (AvgIpc) is 2.79. The fourth-order valence-corrected chi connectivity index (χ4v) is 5.50. The molecule has 5 nitrogen and oxygen atoms in total. The quantitative estimate of drug-likeness (QED) is 0.743. The molecule has 3 saturated heterocycles. The Morgan fingerprint density at radius 2 is 1.77 bits per heavy atom. The highest BCUT2D eigenvalue weighted by Crippen LogP contribution is 2.37. The first kappa shape index (κ1) is 21.8. The largest absolute Gasteiger partial charge is 0.375 e. The first-order valence-electron chi connectivity index (χ1n) is 12.0. The summed E-state index contributed by atoms with van der Waals surface area (Å²) < 4.78 is 6.37. The van der Waals surface area contributed by atoms with Crippen molar-refractivity contribution in [2.24, 2.45) is 0 Å². The fourth-order valence-electron chi connectivity index (χ4n) is 5.50. The van der Waals surface area contributed by atoms with Crippen molar-refractivity contribution in [3.63, 3.8) is 0 Å². The van der Waals surface area contributed by atoms with Crippen LogP contribution in [-0.2, 0) is 16.0 Å². The molecule has 3 aliphatic rings. The minimum Gasteiger partial charge on any atom is -0.375 e. The number of hydrogen-bond acceptors (Lipinski definition) is 4. The Labute approximate surface area is 182 Å². The topological polar surface area (TPSA) is 36.0 Å². The second-order valence-corrected chi connectivity index (χ2v) is 9.71.